The quantitative estimate of drug-likeness (QED) is 0.852. The van der Waals surface area contributed by atoms with Crippen LogP contribution in [-0.4, -0.2) is 24.2 Å². The van der Waals surface area contributed by atoms with Crippen LogP contribution in [0.15, 0.2) is 12.1 Å². The van der Waals surface area contributed by atoms with E-state index in [1.807, 2.05) is 12.1 Å². The Labute approximate surface area is 119 Å². The van der Waals surface area contributed by atoms with Gasteiger partial charge in [-0.25, -0.2) is 9.97 Å². The van der Waals surface area contributed by atoms with E-state index < -0.39 is 0 Å². The third kappa shape index (κ3) is 2.19. The van der Waals surface area contributed by atoms with E-state index in [1.54, 1.807) is 14.2 Å². The Kier molecular flexibility index (Phi) is 3.24. The molecule has 1 aliphatic rings. The van der Waals surface area contributed by atoms with Crippen molar-refractivity contribution in [1.29, 1.82) is 0 Å². The van der Waals surface area contributed by atoms with Crippen molar-refractivity contribution in [3.63, 3.8) is 0 Å². The van der Waals surface area contributed by atoms with Crippen LogP contribution in [0, 0.1) is 0 Å². The summed E-state index contributed by atoms with van der Waals surface area (Å²) in [6.07, 6.45) is 2.41. The highest BCUT2D eigenvalue weighted by atomic mass is 16.5. The molecule has 2 aromatic rings. The van der Waals surface area contributed by atoms with Gasteiger partial charge in [0.2, 0.25) is 0 Å². The van der Waals surface area contributed by atoms with E-state index in [9.17, 15) is 0 Å². The number of hydrogen-bond acceptors (Lipinski definition) is 4. The molecule has 0 saturated heterocycles. The van der Waals surface area contributed by atoms with E-state index in [-0.39, 0.29) is 0 Å². The molecular weight excluding hydrogens is 252 g/mol. The van der Waals surface area contributed by atoms with Crippen LogP contribution in [0.3, 0.4) is 0 Å². The molecule has 3 rings (SSSR count). The number of nitrogens with zero attached hydrogens (tertiary/aromatic N) is 2. The number of benzene rings is 1. The molecule has 1 heterocycles. The Bertz CT molecular complexity index is 648. The van der Waals surface area contributed by atoms with Gasteiger partial charge in [-0.1, -0.05) is 13.8 Å². The lowest BCUT2D eigenvalue weighted by Gasteiger charge is -2.14. The molecular formula is C16H20N2O2. The van der Waals surface area contributed by atoms with Crippen molar-refractivity contribution in [3.8, 4) is 11.5 Å². The number of aromatic nitrogens is 2. The highest BCUT2D eigenvalue weighted by Crippen LogP contribution is 2.41. The first-order valence-corrected chi connectivity index (χ1v) is 7.07. The van der Waals surface area contributed by atoms with Crippen LogP contribution >= 0.6 is 0 Å². The molecule has 0 atom stereocenters. The predicted octanol–water partition coefficient (Wildman–Crippen LogP) is 3.65. The van der Waals surface area contributed by atoms with Crippen LogP contribution in [0.25, 0.3) is 10.9 Å². The maximum Gasteiger partial charge on any atom is 0.162 e. The zero-order valence-electron chi connectivity index (χ0n) is 12.4. The fraction of sp³-hybridized carbons (Fsp3) is 0.500. The standard InChI is InChI=1S/C16H20N2O2/c1-9(2)15-11-7-13(19-3)14(20-4)8-12(11)17-16(18-15)10-5-6-10/h7-10H,5-6H2,1-4H3. The predicted molar refractivity (Wildman–Crippen MR) is 78.7 cm³/mol. The summed E-state index contributed by atoms with van der Waals surface area (Å²) in [5.74, 6) is 3.33. The molecule has 1 aromatic heterocycles. The first-order valence-electron chi connectivity index (χ1n) is 7.07. The van der Waals surface area contributed by atoms with Crippen molar-refractivity contribution in [2.45, 2.75) is 38.5 Å². The smallest absolute Gasteiger partial charge is 0.162 e. The molecule has 1 fully saturated rings. The topological polar surface area (TPSA) is 44.2 Å². The summed E-state index contributed by atoms with van der Waals surface area (Å²) in [6.45, 7) is 4.32. The lowest BCUT2D eigenvalue weighted by atomic mass is 10.0. The molecule has 20 heavy (non-hydrogen) atoms. The molecule has 0 aliphatic heterocycles. The monoisotopic (exact) mass is 272 g/mol. The van der Waals surface area contributed by atoms with Crippen LogP contribution in [0.2, 0.25) is 0 Å². The van der Waals surface area contributed by atoms with Gasteiger partial charge in [0.1, 0.15) is 5.82 Å². The summed E-state index contributed by atoms with van der Waals surface area (Å²) in [7, 11) is 3.30. The van der Waals surface area contributed by atoms with Gasteiger partial charge in [0.15, 0.2) is 11.5 Å². The minimum atomic E-state index is 0.358. The summed E-state index contributed by atoms with van der Waals surface area (Å²) in [6, 6.07) is 3.94. The van der Waals surface area contributed by atoms with Gasteiger partial charge in [-0.05, 0) is 24.8 Å². The van der Waals surface area contributed by atoms with Gasteiger partial charge < -0.3 is 9.47 Å². The van der Waals surface area contributed by atoms with Crippen molar-refractivity contribution in [3.05, 3.63) is 23.7 Å². The Hall–Kier alpha value is -1.84. The van der Waals surface area contributed by atoms with Crippen LogP contribution in [0.5, 0.6) is 11.5 Å². The summed E-state index contributed by atoms with van der Waals surface area (Å²) >= 11 is 0. The second kappa shape index (κ2) is 4.93. The second-order valence-corrected chi connectivity index (χ2v) is 5.62. The van der Waals surface area contributed by atoms with Gasteiger partial charge >= 0.3 is 0 Å². The van der Waals surface area contributed by atoms with E-state index >= 15 is 0 Å². The van der Waals surface area contributed by atoms with Gasteiger partial charge in [-0.3, -0.25) is 0 Å². The number of fused-ring (bicyclic) bond motifs is 1. The molecule has 0 spiro atoms. The van der Waals surface area contributed by atoms with E-state index in [1.165, 1.54) is 12.8 Å². The Morgan fingerprint density at radius 3 is 2.25 bits per heavy atom. The second-order valence-electron chi connectivity index (χ2n) is 5.62. The molecule has 1 aromatic carbocycles. The first-order chi connectivity index (χ1) is 9.63. The number of rotatable bonds is 4. The summed E-state index contributed by atoms with van der Waals surface area (Å²) in [5.41, 5.74) is 2.04. The van der Waals surface area contributed by atoms with Crippen LogP contribution in [-0.2, 0) is 0 Å². The molecule has 0 radical (unpaired) electrons. The molecule has 1 aliphatic carbocycles. The minimum absolute atomic E-state index is 0.358. The van der Waals surface area contributed by atoms with Crippen molar-refractivity contribution >= 4 is 10.9 Å². The summed E-state index contributed by atoms with van der Waals surface area (Å²) < 4.78 is 10.8. The highest BCUT2D eigenvalue weighted by molar-refractivity contribution is 5.85. The van der Waals surface area contributed by atoms with Crippen molar-refractivity contribution in [1.82, 2.24) is 9.97 Å². The highest BCUT2D eigenvalue weighted by Gasteiger charge is 2.28. The summed E-state index contributed by atoms with van der Waals surface area (Å²) in [4.78, 5) is 9.50. The van der Waals surface area contributed by atoms with Crippen LogP contribution in [0.1, 0.15) is 50.0 Å². The largest absolute Gasteiger partial charge is 0.493 e. The Morgan fingerprint density at radius 1 is 1.05 bits per heavy atom. The zero-order chi connectivity index (χ0) is 14.3. The summed E-state index contributed by atoms with van der Waals surface area (Å²) in [5, 5.41) is 1.06. The normalized spacial score (nSPS) is 14.8. The fourth-order valence-corrected chi connectivity index (χ4v) is 2.46. The maximum atomic E-state index is 5.39. The van der Waals surface area contributed by atoms with Gasteiger partial charge in [-0.15, -0.1) is 0 Å². The zero-order valence-corrected chi connectivity index (χ0v) is 12.4. The first kappa shape index (κ1) is 13.2. The van der Waals surface area contributed by atoms with Crippen molar-refractivity contribution in [2.24, 2.45) is 0 Å². The van der Waals surface area contributed by atoms with E-state index in [2.05, 4.69) is 13.8 Å². The van der Waals surface area contributed by atoms with E-state index in [4.69, 9.17) is 19.4 Å². The Balaban J connectivity index is 2.26. The van der Waals surface area contributed by atoms with E-state index in [0.717, 1.165) is 33.9 Å². The average molecular weight is 272 g/mol. The third-order valence-corrected chi connectivity index (χ3v) is 3.74. The SMILES string of the molecule is COc1cc2nc(C3CC3)nc(C(C)C)c2cc1OC. The van der Waals surface area contributed by atoms with Gasteiger partial charge in [0.05, 0.1) is 25.4 Å². The van der Waals surface area contributed by atoms with Crippen molar-refractivity contribution < 1.29 is 9.47 Å². The van der Waals surface area contributed by atoms with Crippen LogP contribution < -0.4 is 9.47 Å². The molecule has 0 bridgehead atoms. The number of methoxy groups -OCH3 is 2. The molecule has 4 nitrogen and oxygen atoms in total. The van der Waals surface area contributed by atoms with Gasteiger partial charge in [-0.2, -0.15) is 0 Å². The molecule has 1 saturated carbocycles. The number of ether oxygens (including phenoxy) is 2. The van der Waals surface area contributed by atoms with Gasteiger partial charge in [0.25, 0.3) is 0 Å². The average Bonchev–Trinajstić information content (AvgIpc) is 3.28. The van der Waals surface area contributed by atoms with Crippen LogP contribution in [0.4, 0.5) is 0 Å². The number of hydrogen-bond donors (Lipinski definition) is 0. The van der Waals surface area contributed by atoms with Gasteiger partial charge in [0, 0.05) is 17.4 Å². The van der Waals surface area contributed by atoms with Crippen molar-refractivity contribution in [2.75, 3.05) is 14.2 Å². The molecule has 0 unspecified atom stereocenters. The molecule has 4 heteroatoms. The maximum absolute atomic E-state index is 5.39. The fourth-order valence-electron chi connectivity index (χ4n) is 2.46. The Morgan fingerprint density at radius 2 is 1.70 bits per heavy atom. The lowest BCUT2D eigenvalue weighted by molar-refractivity contribution is 0.355. The third-order valence-electron chi connectivity index (χ3n) is 3.74. The molecule has 0 amide bonds. The minimum Gasteiger partial charge on any atom is -0.493 e. The lowest BCUT2D eigenvalue weighted by Crippen LogP contribution is -2.03. The molecule has 106 valence electrons. The molecule has 0 N–H and O–H groups in total. The van der Waals surface area contributed by atoms with E-state index in [0.29, 0.717) is 11.8 Å².